The summed E-state index contributed by atoms with van der Waals surface area (Å²) >= 11 is 15.7. The maximum absolute atomic E-state index is 11.2. The van der Waals surface area contributed by atoms with E-state index in [0.717, 1.165) is 11.1 Å². The number of hydrogen-bond donors (Lipinski definition) is 1. The Balaban J connectivity index is 2.06. The molecular weight excluding hydrogens is 365 g/mol. The van der Waals surface area contributed by atoms with Crippen LogP contribution in [0.2, 0.25) is 10.0 Å². The number of alkyl halides is 1. The first-order chi connectivity index (χ1) is 9.54. The van der Waals surface area contributed by atoms with Gasteiger partial charge in [0, 0.05) is 10.0 Å². The highest BCUT2D eigenvalue weighted by molar-refractivity contribution is 9.09. The van der Waals surface area contributed by atoms with Crippen LogP contribution in [0.1, 0.15) is 16.0 Å². The van der Waals surface area contributed by atoms with E-state index in [1.54, 1.807) is 24.3 Å². The van der Waals surface area contributed by atoms with Gasteiger partial charge in [0.15, 0.2) is 5.58 Å². The molecule has 0 radical (unpaired) electrons. The molecular formula is C14H8BrCl2NO2. The number of hydrogen-bond acceptors (Lipinski definition) is 2. The average molecular weight is 373 g/mol. The topological polar surface area (TPSA) is 46.0 Å². The van der Waals surface area contributed by atoms with Gasteiger partial charge in [0.2, 0.25) is 0 Å². The van der Waals surface area contributed by atoms with Crippen LogP contribution in [0.5, 0.6) is 0 Å². The Bertz CT molecular complexity index is 841. The fourth-order valence-electron chi connectivity index (χ4n) is 2.01. The highest BCUT2D eigenvalue weighted by Gasteiger charge is 2.15. The highest BCUT2D eigenvalue weighted by atomic mass is 79.9. The lowest BCUT2D eigenvalue weighted by Crippen LogP contribution is -1.93. The first-order valence-electron chi connectivity index (χ1n) is 5.76. The third-order valence-electron chi connectivity index (χ3n) is 2.97. The normalized spacial score (nSPS) is 12.8. The molecule has 3 aromatic rings. The van der Waals surface area contributed by atoms with Crippen LogP contribution in [-0.2, 0) is 0 Å². The van der Waals surface area contributed by atoms with Gasteiger partial charge in [-0.25, -0.2) is 4.79 Å². The molecule has 0 saturated carbocycles. The van der Waals surface area contributed by atoms with Crippen LogP contribution in [0.3, 0.4) is 0 Å². The quantitative estimate of drug-likeness (QED) is 0.649. The molecule has 0 fully saturated rings. The second kappa shape index (κ2) is 5.28. The van der Waals surface area contributed by atoms with Crippen LogP contribution >= 0.6 is 39.1 Å². The van der Waals surface area contributed by atoms with Crippen molar-refractivity contribution in [2.45, 2.75) is 4.83 Å². The second-order valence-corrected chi connectivity index (χ2v) is 6.06. The van der Waals surface area contributed by atoms with E-state index in [4.69, 9.17) is 27.6 Å². The largest absolute Gasteiger partial charge is 0.417 e. The van der Waals surface area contributed by atoms with E-state index in [0.29, 0.717) is 21.1 Å². The van der Waals surface area contributed by atoms with E-state index >= 15 is 0 Å². The Morgan fingerprint density at radius 2 is 1.95 bits per heavy atom. The van der Waals surface area contributed by atoms with E-state index in [9.17, 15) is 4.79 Å². The molecule has 1 aromatic heterocycles. The van der Waals surface area contributed by atoms with Gasteiger partial charge in [0.25, 0.3) is 0 Å². The third-order valence-corrected chi connectivity index (χ3v) is 4.56. The van der Waals surface area contributed by atoms with Crippen LogP contribution in [0.25, 0.3) is 11.1 Å². The lowest BCUT2D eigenvalue weighted by atomic mass is 10.0. The molecule has 0 spiro atoms. The summed E-state index contributed by atoms with van der Waals surface area (Å²) in [6.45, 7) is 0. The maximum atomic E-state index is 11.2. The molecule has 6 heteroatoms. The smallest absolute Gasteiger partial charge is 0.408 e. The number of rotatable bonds is 2. The van der Waals surface area contributed by atoms with Gasteiger partial charge in [0.1, 0.15) is 0 Å². The molecule has 0 aliphatic carbocycles. The van der Waals surface area contributed by atoms with Crippen molar-refractivity contribution in [1.29, 1.82) is 0 Å². The van der Waals surface area contributed by atoms with Crippen molar-refractivity contribution in [1.82, 2.24) is 4.98 Å². The summed E-state index contributed by atoms with van der Waals surface area (Å²) in [5.41, 5.74) is 3.01. The molecule has 2 aromatic carbocycles. The number of aromatic amines is 1. The minimum Gasteiger partial charge on any atom is -0.408 e. The number of oxazole rings is 1. The van der Waals surface area contributed by atoms with E-state index in [1.807, 2.05) is 12.1 Å². The van der Waals surface area contributed by atoms with Crippen LogP contribution in [0, 0.1) is 0 Å². The Labute approximate surface area is 132 Å². The Morgan fingerprint density at radius 1 is 1.15 bits per heavy atom. The van der Waals surface area contributed by atoms with E-state index in [2.05, 4.69) is 20.9 Å². The summed E-state index contributed by atoms with van der Waals surface area (Å²) in [7, 11) is 0. The standard InChI is InChI=1S/C14H8BrCl2NO2/c15-13(9-3-2-8(16)6-10(9)17)7-1-4-11-12(5-7)20-14(19)18-11/h1-6,13H,(H,18,19). The molecule has 0 amide bonds. The molecule has 3 nitrogen and oxygen atoms in total. The Kier molecular flexibility index (Phi) is 3.63. The molecule has 1 N–H and O–H groups in total. The van der Waals surface area contributed by atoms with Gasteiger partial charge in [-0.15, -0.1) is 0 Å². The number of benzene rings is 2. The van der Waals surface area contributed by atoms with Gasteiger partial charge < -0.3 is 4.42 Å². The fourth-order valence-corrected chi connectivity index (χ4v) is 3.34. The lowest BCUT2D eigenvalue weighted by molar-refractivity contribution is 0.555. The monoisotopic (exact) mass is 371 g/mol. The molecule has 0 bridgehead atoms. The summed E-state index contributed by atoms with van der Waals surface area (Å²) in [6.07, 6.45) is 0. The van der Waals surface area contributed by atoms with Crippen molar-refractivity contribution >= 4 is 50.2 Å². The lowest BCUT2D eigenvalue weighted by Gasteiger charge is -2.12. The first kappa shape index (κ1) is 13.7. The molecule has 1 heterocycles. The van der Waals surface area contributed by atoms with Crippen molar-refractivity contribution in [3.63, 3.8) is 0 Å². The molecule has 1 atom stereocenters. The fraction of sp³-hybridized carbons (Fsp3) is 0.0714. The summed E-state index contributed by atoms with van der Waals surface area (Å²) in [4.78, 5) is 13.7. The van der Waals surface area contributed by atoms with Gasteiger partial charge in [-0.3, -0.25) is 4.98 Å². The number of nitrogens with one attached hydrogen (secondary N) is 1. The van der Waals surface area contributed by atoms with Crippen molar-refractivity contribution in [3.05, 3.63) is 68.1 Å². The maximum Gasteiger partial charge on any atom is 0.417 e. The first-order valence-corrected chi connectivity index (χ1v) is 7.43. The summed E-state index contributed by atoms with van der Waals surface area (Å²) < 4.78 is 5.06. The molecule has 1 unspecified atom stereocenters. The summed E-state index contributed by atoms with van der Waals surface area (Å²) in [5.74, 6) is -0.465. The zero-order valence-corrected chi connectivity index (χ0v) is 13.1. The molecule has 20 heavy (non-hydrogen) atoms. The van der Waals surface area contributed by atoms with Gasteiger partial charge >= 0.3 is 5.76 Å². The third kappa shape index (κ3) is 2.51. The zero-order chi connectivity index (χ0) is 14.3. The van der Waals surface area contributed by atoms with E-state index in [1.165, 1.54) is 0 Å². The average Bonchev–Trinajstić information content (AvgIpc) is 2.77. The number of halogens is 3. The summed E-state index contributed by atoms with van der Waals surface area (Å²) in [5, 5.41) is 1.17. The van der Waals surface area contributed by atoms with Crippen LogP contribution in [0.4, 0.5) is 0 Å². The minimum absolute atomic E-state index is 0.114. The minimum atomic E-state index is -0.465. The predicted octanol–water partition coefficient (Wildman–Crippen LogP) is 4.91. The second-order valence-electron chi connectivity index (χ2n) is 4.30. The highest BCUT2D eigenvalue weighted by Crippen LogP contribution is 2.37. The predicted molar refractivity (Wildman–Crippen MR) is 84.1 cm³/mol. The number of fused-ring (bicyclic) bond motifs is 1. The van der Waals surface area contributed by atoms with Gasteiger partial charge in [-0.1, -0.05) is 51.3 Å². The van der Waals surface area contributed by atoms with Crippen molar-refractivity contribution < 1.29 is 4.42 Å². The molecule has 102 valence electrons. The zero-order valence-electron chi connectivity index (χ0n) is 9.99. The molecule has 3 rings (SSSR count). The van der Waals surface area contributed by atoms with Gasteiger partial charge in [0.05, 0.1) is 10.3 Å². The SMILES string of the molecule is O=c1[nH]c2ccc(C(Br)c3ccc(Cl)cc3Cl)cc2o1. The van der Waals surface area contributed by atoms with Crippen molar-refractivity contribution in [2.75, 3.05) is 0 Å². The number of H-pyrrole nitrogens is 1. The van der Waals surface area contributed by atoms with Crippen LogP contribution in [0.15, 0.2) is 45.6 Å². The Morgan fingerprint density at radius 3 is 2.70 bits per heavy atom. The summed E-state index contributed by atoms with van der Waals surface area (Å²) in [6, 6.07) is 10.8. The van der Waals surface area contributed by atoms with Crippen LogP contribution in [-0.4, -0.2) is 4.98 Å². The van der Waals surface area contributed by atoms with Crippen LogP contribution < -0.4 is 5.76 Å². The molecule has 0 aliphatic rings. The molecule has 0 saturated heterocycles. The van der Waals surface area contributed by atoms with Gasteiger partial charge in [-0.05, 0) is 35.4 Å². The van der Waals surface area contributed by atoms with Crippen molar-refractivity contribution in [2.24, 2.45) is 0 Å². The van der Waals surface area contributed by atoms with E-state index < -0.39 is 5.76 Å². The molecule has 0 aliphatic heterocycles. The van der Waals surface area contributed by atoms with Gasteiger partial charge in [-0.2, -0.15) is 0 Å². The van der Waals surface area contributed by atoms with Crippen molar-refractivity contribution in [3.8, 4) is 0 Å². The Hall–Kier alpha value is -1.23. The number of aromatic nitrogens is 1. The van der Waals surface area contributed by atoms with E-state index in [-0.39, 0.29) is 4.83 Å².